The highest BCUT2D eigenvalue weighted by Crippen LogP contribution is 2.48. The number of aromatic nitrogens is 2. The van der Waals surface area contributed by atoms with E-state index < -0.39 is 0 Å². The Hall–Kier alpha value is -1.32. The first kappa shape index (κ1) is 12.7. The van der Waals surface area contributed by atoms with Gasteiger partial charge in [-0.05, 0) is 50.9 Å². The van der Waals surface area contributed by atoms with Crippen molar-refractivity contribution in [2.75, 3.05) is 18.5 Å². The Kier molecular flexibility index (Phi) is 3.58. The van der Waals surface area contributed by atoms with Crippen LogP contribution in [0.15, 0.2) is 6.07 Å². The zero-order valence-electron chi connectivity index (χ0n) is 11.9. The molecule has 3 atom stereocenters. The standard InChI is InChI=1S/C15H23N3O/c1-3-19-14-6-10(2)17-15(18-14)16-9-13-8-11-4-5-12(13)7-11/h6,11-13H,3-5,7-9H2,1-2H3,(H,16,17,18). The van der Waals surface area contributed by atoms with Gasteiger partial charge < -0.3 is 10.1 Å². The van der Waals surface area contributed by atoms with Gasteiger partial charge in [-0.15, -0.1) is 0 Å². The van der Waals surface area contributed by atoms with Crippen LogP contribution in [0.1, 0.15) is 38.3 Å². The van der Waals surface area contributed by atoms with E-state index in [1.54, 1.807) is 0 Å². The molecule has 0 aliphatic heterocycles. The molecule has 3 unspecified atom stereocenters. The minimum Gasteiger partial charge on any atom is -0.478 e. The van der Waals surface area contributed by atoms with Crippen molar-refractivity contribution in [1.29, 1.82) is 0 Å². The predicted molar refractivity (Wildman–Crippen MR) is 75.4 cm³/mol. The zero-order valence-corrected chi connectivity index (χ0v) is 11.9. The third kappa shape index (κ3) is 2.82. The van der Waals surface area contributed by atoms with E-state index >= 15 is 0 Å². The second-order valence-corrected chi connectivity index (χ2v) is 5.92. The normalized spacial score (nSPS) is 28.6. The molecule has 4 heteroatoms. The molecule has 104 valence electrons. The molecule has 2 saturated carbocycles. The molecule has 2 aliphatic carbocycles. The van der Waals surface area contributed by atoms with Crippen LogP contribution in [0.5, 0.6) is 5.88 Å². The summed E-state index contributed by atoms with van der Waals surface area (Å²) >= 11 is 0. The Morgan fingerprint density at radius 2 is 2.21 bits per heavy atom. The van der Waals surface area contributed by atoms with Gasteiger partial charge in [0.2, 0.25) is 11.8 Å². The van der Waals surface area contributed by atoms with E-state index in [-0.39, 0.29) is 0 Å². The molecule has 1 heterocycles. The average Bonchev–Trinajstić information content (AvgIpc) is 2.98. The fourth-order valence-electron chi connectivity index (χ4n) is 3.69. The summed E-state index contributed by atoms with van der Waals surface area (Å²) in [5.74, 6) is 4.14. The number of anilines is 1. The molecule has 0 aromatic carbocycles. The molecule has 2 aliphatic rings. The summed E-state index contributed by atoms with van der Waals surface area (Å²) in [6, 6.07) is 1.88. The molecular weight excluding hydrogens is 238 g/mol. The number of hydrogen-bond acceptors (Lipinski definition) is 4. The molecular formula is C15H23N3O. The van der Waals surface area contributed by atoms with Gasteiger partial charge in [-0.25, -0.2) is 4.98 Å². The molecule has 4 nitrogen and oxygen atoms in total. The van der Waals surface area contributed by atoms with Crippen molar-refractivity contribution in [3.8, 4) is 5.88 Å². The van der Waals surface area contributed by atoms with Crippen LogP contribution < -0.4 is 10.1 Å². The SMILES string of the molecule is CCOc1cc(C)nc(NCC2CC3CCC2C3)n1. The summed E-state index contributed by atoms with van der Waals surface area (Å²) in [4.78, 5) is 8.84. The van der Waals surface area contributed by atoms with Crippen LogP contribution in [0.25, 0.3) is 0 Å². The molecule has 1 aromatic rings. The Labute approximate surface area is 115 Å². The summed E-state index contributed by atoms with van der Waals surface area (Å²) in [5, 5.41) is 3.41. The predicted octanol–water partition coefficient (Wildman–Crippen LogP) is 3.03. The second-order valence-electron chi connectivity index (χ2n) is 5.92. The van der Waals surface area contributed by atoms with Gasteiger partial charge in [0.1, 0.15) is 0 Å². The lowest BCUT2D eigenvalue weighted by molar-refractivity contribution is 0.325. The van der Waals surface area contributed by atoms with Crippen molar-refractivity contribution in [2.24, 2.45) is 17.8 Å². The van der Waals surface area contributed by atoms with Gasteiger partial charge in [0.05, 0.1) is 6.61 Å². The van der Waals surface area contributed by atoms with Gasteiger partial charge in [-0.3, -0.25) is 0 Å². The maximum Gasteiger partial charge on any atom is 0.226 e. The summed E-state index contributed by atoms with van der Waals surface area (Å²) < 4.78 is 5.46. The van der Waals surface area contributed by atoms with Gasteiger partial charge >= 0.3 is 0 Å². The van der Waals surface area contributed by atoms with Crippen LogP contribution in [0.4, 0.5) is 5.95 Å². The Morgan fingerprint density at radius 3 is 2.89 bits per heavy atom. The Morgan fingerprint density at radius 1 is 1.32 bits per heavy atom. The molecule has 0 amide bonds. The Bertz CT molecular complexity index is 449. The third-order valence-electron chi connectivity index (χ3n) is 4.53. The summed E-state index contributed by atoms with van der Waals surface area (Å²) in [6.45, 7) is 5.60. The first-order valence-corrected chi connectivity index (χ1v) is 7.47. The van der Waals surface area contributed by atoms with E-state index in [1.165, 1.54) is 25.7 Å². The molecule has 1 aromatic heterocycles. The molecule has 2 fully saturated rings. The lowest BCUT2D eigenvalue weighted by Gasteiger charge is -2.21. The van der Waals surface area contributed by atoms with E-state index in [4.69, 9.17) is 4.74 Å². The highest BCUT2D eigenvalue weighted by Gasteiger charge is 2.39. The fraction of sp³-hybridized carbons (Fsp3) is 0.733. The Balaban J connectivity index is 1.60. The number of nitrogens with zero attached hydrogens (tertiary/aromatic N) is 2. The highest BCUT2D eigenvalue weighted by molar-refractivity contribution is 5.30. The maximum atomic E-state index is 5.46. The molecule has 0 saturated heterocycles. The molecule has 2 bridgehead atoms. The lowest BCUT2D eigenvalue weighted by atomic mass is 9.89. The number of aryl methyl sites for hydroxylation is 1. The first-order chi connectivity index (χ1) is 9.24. The average molecular weight is 261 g/mol. The van der Waals surface area contributed by atoms with E-state index in [2.05, 4.69) is 15.3 Å². The minimum absolute atomic E-state index is 0.641. The number of fused-ring (bicyclic) bond motifs is 2. The van der Waals surface area contributed by atoms with Crippen LogP contribution in [0.3, 0.4) is 0 Å². The van der Waals surface area contributed by atoms with Crippen LogP contribution in [0.2, 0.25) is 0 Å². The highest BCUT2D eigenvalue weighted by atomic mass is 16.5. The lowest BCUT2D eigenvalue weighted by Crippen LogP contribution is -2.21. The number of nitrogens with one attached hydrogen (secondary N) is 1. The van der Waals surface area contributed by atoms with Crippen LogP contribution in [0, 0.1) is 24.7 Å². The topological polar surface area (TPSA) is 47.0 Å². The van der Waals surface area contributed by atoms with Gasteiger partial charge in [-0.2, -0.15) is 4.98 Å². The quantitative estimate of drug-likeness (QED) is 0.885. The number of ether oxygens (including phenoxy) is 1. The minimum atomic E-state index is 0.641. The molecule has 3 rings (SSSR count). The van der Waals surface area contributed by atoms with Crippen LogP contribution in [-0.4, -0.2) is 23.1 Å². The van der Waals surface area contributed by atoms with Crippen LogP contribution in [-0.2, 0) is 0 Å². The van der Waals surface area contributed by atoms with Crippen molar-refractivity contribution in [1.82, 2.24) is 9.97 Å². The molecule has 0 spiro atoms. The van der Waals surface area contributed by atoms with Crippen molar-refractivity contribution in [2.45, 2.75) is 39.5 Å². The van der Waals surface area contributed by atoms with Crippen molar-refractivity contribution in [3.05, 3.63) is 11.8 Å². The summed E-state index contributed by atoms with van der Waals surface area (Å²) in [7, 11) is 0. The van der Waals surface area contributed by atoms with Crippen molar-refractivity contribution < 1.29 is 4.74 Å². The van der Waals surface area contributed by atoms with Crippen LogP contribution >= 0.6 is 0 Å². The fourth-order valence-corrected chi connectivity index (χ4v) is 3.69. The second kappa shape index (κ2) is 5.35. The number of hydrogen-bond donors (Lipinski definition) is 1. The van der Waals surface area contributed by atoms with E-state index in [1.807, 2.05) is 19.9 Å². The van der Waals surface area contributed by atoms with E-state index in [0.29, 0.717) is 18.4 Å². The summed E-state index contributed by atoms with van der Waals surface area (Å²) in [5.41, 5.74) is 0.953. The largest absolute Gasteiger partial charge is 0.478 e. The monoisotopic (exact) mass is 261 g/mol. The van der Waals surface area contributed by atoms with Crippen molar-refractivity contribution >= 4 is 5.95 Å². The van der Waals surface area contributed by atoms with E-state index in [9.17, 15) is 0 Å². The third-order valence-corrected chi connectivity index (χ3v) is 4.53. The van der Waals surface area contributed by atoms with Gasteiger partial charge in [0, 0.05) is 18.3 Å². The number of rotatable bonds is 5. The molecule has 0 radical (unpaired) electrons. The summed E-state index contributed by atoms with van der Waals surface area (Å²) in [6.07, 6.45) is 5.72. The van der Waals surface area contributed by atoms with Gasteiger partial charge in [-0.1, -0.05) is 6.42 Å². The molecule has 19 heavy (non-hydrogen) atoms. The van der Waals surface area contributed by atoms with E-state index in [0.717, 1.165) is 30.0 Å². The zero-order chi connectivity index (χ0) is 13.2. The van der Waals surface area contributed by atoms with Gasteiger partial charge in [0.25, 0.3) is 0 Å². The maximum absolute atomic E-state index is 5.46. The first-order valence-electron chi connectivity index (χ1n) is 7.47. The molecule has 1 N–H and O–H groups in total. The van der Waals surface area contributed by atoms with Crippen molar-refractivity contribution in [3.63, 3.8) is 0 Å². The smallest absolute Gasteiger partial charge is 0.226 e. The van der Waals surface area contributed by atoms with Gasteiger partial charge in [0.15, 0.2) is 0 Å².